The molecule has 0 amide bonds. The van der Waals surface area contributed by atoms with Crippen LogP contribution in [0.1, 0.15) is 24.8 Å². The van der Waals surface area contributed by atoms with Gasteiger partial charge in [-0.05, 0) is 29.4 Å². The first-order valence-electron chi connectivity index (χ1n) is 6.05. The van der Waals surface area contributed by atoms with E-state index >= 15 is 0 Å². The maximum Gasteiger partial charge on any atom is 0.0609 e. The smallest absolute Gasteiger partial charge is 0.0609 e. The normalized spacial score (nSPS) is 15.2. The van der Waals surface area contributed by atoms with Crippen molar-refractivity contribution < 1.29 is 5.11 Å². The standard InChI is InChI=1S/C14H19N3O/c1-3-7-14(18)13(10-16-17-15)11(2)12-8-5-4-6-9-12/h3-6,8-9,11,13-14,18H,1,7,10H2,2H3/t11-,13+,14-/m1/s1. The van der Waals surface area contributed by atoms with Crippen LogP contribution in [0.3, 0.4) is 0 Å². The molecule has 4 heteroatoms. The highest BCUT2D eigenvalue weighted by Crippen LogP contribution is 2.28. The predicted molar refractivity (Wildman–Crippen MR) is 73.2 cm³/mol. The summed E-state index contributed by atoms with van der Waals surface area (Å²) in [5, 5.41) is 13.7. The summed E-state index contributed by atoms with van der Waals surface area (Å²) in [6.07, 6.45) is 1.65. The fourth-order valence-electron chi connectivity index (χ4n) is 2.09. The zero-order valence-corrected chi connectivity index (χ0v) is 10.6. The molecule has 0 saturated heterocycles. The summed E-state index contributed by atoms with van der Waals surface area (Å²) in [7, 11) is 0. The van der Waals surface area contributed by atoms with Crippen LogP contribution in [0, 0.1) is 5.92 Å². The Hall–Kier alpha value is -1.77. The highest BCUT2D eigenvalue weighted by molar-refractivity contribution is 5.20. The molecule has 0 spiro atoms. The van der Waals surface area contributed by atoms with Crippen LogP contribution in [0.4, 0.5) is 0 Å². The van der Waals surface area contributed by atoms with Crippen LogP contribution in [0.25, 0.3) is 10.4 Å². The predicted octanol–water partition coefficient (Wildman–Crippen LogP) is 3.65. The topological polar surface area (TPSA) is 69.0 Å². The molecule has 96 valence electrons. The van der Waals surface area contributed by atoms with Crippen LogP contribution in [0.2, 0.25) is 0 Å². The lowest BCUT2D eigenvalue weighted by molar-refractivity contribution is 0.102. The minimum Gasteiger partial charge on any atom is -0.392 e. The van der Waals surface area contributed by atoms with Crippen LogP contribution in [0.15, 0.2) is 48.1 Å². The molecule has 3 atom stereocenters. The quantitative estimate of drug-likeness (QED) is 0.339. The van der Waals surface area contributed by atoms with Gasteiger partial charge in [0, 0.05) is 11.5 Å². The summed E-state index contributed by atoms with van der Waals surface area (Å²) < 4.78 is 0. The Balaban J connectivity index is 2.87. The number of hydrogen-bond donors (Lipinski definition) is 1. The molecule has 0 bridgehead atoms. The third-order valence-electron chi connectivity index (χ3n) is 3.23. The Morgan fingerprint density at radius 1 is 1.44 bits per heavy atom. The average Bonchev–Trinajstić information content (AvgIpc) is 2.40. The van der Waals surface area contributed by atoms with E-state index in [2.05, 4.69) is 16.6 Å². The molecule has 0 aliphatic heterocycles. The molecule has 0 radical (unpaired) electrons. The second-order valence-electron chi connectivity index (χ2n) is 4.37. The van der Waals surface area contributed by atoms with Gasteiger partial charge >= 0.3 is 0 Å². The summed E-state index contributed by atoms with van der Waals surface area (Å²) in [5.74, 6) is 0.0351. The highest BCUT2D eigenvalue weighted by atomic mass is 16.3. The minimum absolute atomic E-state index is 0.0960. The molecule has 0 aromatic heterocycles. The number of nitrogens with zero attached hydrogens (tertiary/aromatic N) is 3. The molecule has 0 unspecified atom stereocenters. The Kier molecular flexibility index (Phi) is 5.98. The molecule has 18 heavy (non-hydrogen) atoms. The van der Waals surface area contributed by atoms with Gasteiger partial charge in [0.05, 0.1) is 6.10 Å². The largest absolute Gasteiger partial charge is 0.392 e. The zero-order chi connectivity index (χ0) is 13.4. The van der Waals surface area contributed by atoms with Crippen LogP contribution in [0.5, 0.6) is 0 Å². The lowest BCUT2D eigenvalue weighted by Gasteiger charge is -2.27. The Morgan fingerprint density at radius 2 is 2.11 bits per heavy atom. The van der Waals surface area contributed by atoms with Crippen molar-refractivity contribution >= 4 is 0 Å². The average molecular weight is 245 g/mol. The van der Waals surface area contributed by atoms with Gasteiger partial charge in [0.2, 0.25) is 0 Å². The lowest BCUT2D eigenvalue weighted by atomic mass is 9.83. The van der Waals surface area contributed by atoms with Gasteiger partial charge in [0.1, 0.15) is 0 Å². The van der Waals surface area contributed by atoms with E-state index < -0.39 is 6.10 Å². The first-order valence-corrected chi connectivity index (χ1v) is 6.05. The molecular formula is C14H19N3O. The van der Waals surface area contributed by atoms with Crippen molar-refractivity contribution in [3.05, 3.63) is 59.0 Å². The molecule has 0 aliphatic rings. The second kappa shape index (κ2) is 7.54. The van der Waals surface area contributed by atoms with E-state index in [4.69, 9.17) is 5.53 Å². The number of rotatable bonds is 7. The molecule has 1 aromatic carbocycles. The van der Waals surface area contributed by atoms with Crippen molar-refractivity contribution in [3.63, 3.8) is 0 Å². The van der Waals surface area contributed by atoms with Gasteiger partial charge in [-0.1, -0.05) is 48.4 Å². The lowest BCUT2D eigenvalue weighted by Crippen LogP contribution is -2.27. The summed E-state index contributed by atoms with van der Waals surface area (Å²) >= 11 is 0. The SMILES string of the molecule is C=CC[C@@H](O)[C@@H](CN=[N+]=[N-])[C@H](C)c1ccccc1. The van der Waals surface area contributed by atoms with E-state index in [-0.39, 0.29) is 11.8 Å². The maximum atomic E-state index is 10.1. The van der Waals surface area contributed by atoms with E-state index in [0.29, 0.717) is 13.0 Å². The van der Waals surface area contributed by atoms with Crippen molar-refractivity contribution in [2.45, 2.75) is 25.4 Å². The van der Waals surface area contributed by atoms with Crippen LogP contribution in [-0.2, 0) is 0 Å². The number of benzene rings is 1. The van der Waals surface area contributed by atoms with Crippen LogP contribution >= 0.6 is 0 Å². The third-order valence-corrected chi connectivity index (χ3v) is 3.23. The first kappa shape index (κ1) is 14.3. The summed E-state index contributed by atoms with van der Waals surface area (Å²) in [4.78, 5) is 2.78. The van der Waals surface area contributed by atoms with Gasteiger partial charge in [-0.2, -0.15) is 0 Å². The molecule has 1 rings (SSSR count). The Morgan fingerprint density at radius 3 is 2.67 bits per heavy atom. The van der Waals surface area contributed by atoms with Crippen LogP contribution < -0.4 is 0 Å². The molecular weight excluding hydrogens is 226 g/mol. The van der Waals surface area contributed by atoms with E-state index in [0.717, 1.165) is 5.56 Å². The minimum atomic E-state index is -0.539. The first-order chi connectivity index (χ1) is 8.70. The highest BCUT2D eigenvalue weighted by Gasteiger charge is 2.24. The summed E-state index contributed by atoms with van der Waals surface area (Å²) in [6, 6.07) is 9.94. The fourth-order valence-corrected chi connectivity index (χ4v) is 2.09. The van der Waals surface area contributed by atoms with E-state index in [1.54, 1.807) is 6.08 Å². The molecule has 0 saturated carbocycles. The van der Waals surface area contributed by atoms with Crippen molar-refractivity contribution in [1.29, 1.82) is 0 Å². The van der Waals surface area contributed by atoms with Gasteiger partial charge in [-0.3, -0.25) is 0 Å². The second-order valence-corrected chi connectivity index (χ2v) is 4.37. The molecule has 1 N–H and O–H groups in total. The van der Waals surface area contributed by atoms with Crippen molar-refractivity contribution in [2.24, 2.45) is 11.0 Å². The number of aliphatic hydroxyl groups excluding tert-OH is 1. The number of hydrogen-bond acceptors (Lipinski definition) is 2. The molecule has 0 aliphatic carbocycles. The third kappa shape index (κ3) is 3.91. The van der Waals surface area contributed by atoms with Crippen molar-refractivity contribution in [1.82, 2.24) is 0 Å². The van der Waals surface area contributed by atoms with E-state index in [1.165, 1.54) is 0 Å². The van der Waals surface area contributed by atoms with E-state index in [9.17, 15) is 5.11 Å². The van der Waals surface area contributed by atoms with Gasteiger partial charge in [0.25, 0.3) is 0 Å². The molecule has 0 fully saturated rings. The maximum absolute atomic E-state index is 10.1. The molecule has 1 aromatic rings. The summed E-state index contributed by atoms with van der Waals surface area (Å²) in [5.41, 5.74) is 9.57. The van der Waals surface area contributed by atoms with E-state index in [1.807, 2.05) is 37.3 Å². The van der Waals surface area contributed by atoms with Gasteiger partial charge in [0.15, 0.2) is 0 Å². The molecule has 0 heterocycles. The van der Waals surface area contributed by atoms with Gasteiger partial charge in [-0.15, -0.1) is 6.58 Å². The monoisotopic (exact) mass is 245 g/mol. The van der Waals surface area contributed by atoms with Gasteiger partial charge in [-0.25, -0.2) is 0 Å². The fraction of sp³-hybridized carbons (Fsp3) is 0.429. The summed E-state index contributed by atoms with van der Waals surface area (Å²) in [6.45, 7) is 5.97. The number of aliphatic hydroxyl groups is 1. The Bertz CT molecular complexity index is 412. The van der Waals surface area contributed by atoms with Crippen molar-refractivity contribution in [2.75, 3.05) is 6.54 Å². The Labute approximate surface area is 108 Å². The van der Waals surface area contributed by atoms with Crippen LogP contribution in [-0.4, -0.2) is 17.8 Å². The zero-order valence-electron chi connectivity index (χ0n) is 10.6. The van der Waals surface area contributed by atoms with Crippen molar-refractivity contribution in [3.8, 4) is 0 Å². The van der Waals surface area contributed by atoms with Gasteiger partial charge < -0.3 is 5.11 Å². The molecule has 4 nitrogen and oxygen atoms in total. The number of azide groups is 1.